The molecule has 1 N–H and O–H groups in total. The highest BCUT2D eigenvalue weighted by atomic mass is 32.2. The maximum Gasteiger partial charge on any atom is 0.416 e. The predicted molar refractivity (Wildman–Crippen MR) is 102 cm³/mol. The number of carbonyl (C=O) groups is 1. The molecule has 2 aromatic carbocycles. The van der Waals surface area contributed by atoms with E-state index in [1.807, 2.05) is 4.90 Å². The number of morpholine rings is 1. The molecule has 6 nitrogen and oxygen atoms in total. The number of benzene rings is 2. The van der Waals surface area contributed by atoms with Gasteiger partial charge in [-0.3, -0.25) is 4.79 Å². The molecule has 0 unspecified atom stereocenters. The van der Waals surface area contributed by atoms with E-state index in [1.54, 1.807) is 0 Å². The lowest BCUT2D eigenvalue weighted by atomic mass is 10.1. The second-order valence-corrected chi connectivity index (χ2v) is 8.60. The normalized spacial score (nSPS) is 15.2. The van der Waals surface area contributed by atoms with Gasteiger partial charge in [0.25, 0.3) is 5.91 Å². The molecule has 0 aromatic heterocycles. The van der Waals surface area contributed by atoms with Crippen LogP contribution in [0.1, 0.15) is 15.9 Å². The zero-order valence-electron chi connectivity index (χ0n) is 15.5. The van der Waals surface area contributed by atoms with Crippen molar-refractivity contribution < 1.29 is 31.1 Å². The van der Waals surface area contributed by atoms with Crippen LogP contribution in [-0.2, 0) is 20.8 Å². The van der Waals surface area contributed by atoms with Crippen LogP contribution in [0.15, 0.2) is 47.4 Å². The first-order chi connectivity index (χ1) is 13.6. The minimum atomic E-state index is -4.56. The second-order valence-electron chi connectivity index (χ2n) is 6.58. The number of amides is 1. The standard InChI is InChI=1S/C19H19F3N2O4S/c1-29(26,27)15-5-2-13(3-6-15)18(25)23-16-12-14(19(20,21)22)4-7-17(16)24-8-10-28-11-9-24/h2-7,12H,8-11H2,1H3,(H,23,25). The predicted octanol–water partition coefficient (Wildman–Crippen LogP) is 3.20. The zero-order valence-corrected chi connectivity index (χ0v) is 16.3. The molecule has 156 valence electrons. The molecule has 3 rings (SSSR count). The highest BCUT2D eigenvalue weighted by Crippen LogP contribution is 2.36. The van der Waals surface area contributed by atoms with E-state index in [1.165, 1.54) is 30.3 Å². The fourth-order valence-electron chi connectivity index (χ4n) is 2.94. The number of anilines is 2. The van der Waals surface area contributed by atoms with E-state index in [9.17, 15) is 26.4 Å². The van der Waals surface area contributed by atoms with Crippen LogP contribution in [0.4, 0.5) is 24.5 Å². The van der Waals surface area contributed by atoms with Crippen molar-refractivity contribution in [1.29, 1.82) is 0 Å². The quantitative estimate of drug-likeness (QED) is 0.810. The Balaban J connectivity index is 1.91. The molecular weight excluding hydrogens is 409 g/mol. The van der Waals surface area contributed by atoms with E-state index >= 15 is 0 Å². The molecule has 29 heavy (non-hydrogen) atoms. The number of sulfone groups is 1. The van der Waals surface area contributed by atoms with Gasteiger partial charge in [-0.05, 0) is 42.5 Å². The highest BCUT2D eigenvalue weighted by Gasteiger charge is 2.32. The van der Waals surface area contributed by atoms with Crippen LogP contribution in [-0.4, -0.2) is 46.9 Å². The van der Waals surface area contributed by atoms with Gasteiger partial charge in [-0.25, -0.2) is 8.42 Å². The SMILES string of the molecule is CS(=O)(=O)c1ccc(C(=O)Nc2cc(C(F)(F)F)ccc2N2CCOCC2)cc1. The lowest BCUT2D eigenvalue weighted by Crippen LogP contribution is -2.36. The van der Waals surface area contributed by atoms with Crippen molar-refractivity contribution in [2.45, 2.75) is 11.1 Å². The van der Waals surface area contributed by atoms with Crippen LogP contribution in [0.5, 0.6) is 0 Å². The van der Waals surface area contributed by atoms with Gasteiger partial charge in [-0.1, -0.05) is 0 Å². The third-order valence-corrected chi connectivity index (χ3v) is 5.60. The van der Waals surface area contributed by atoms with Gasteiger partial charge in [-0.2, -0.15) is 13.2 Å². The van der Waals surface area contributed by atoms with E-state index in [4.69, 9.17) is 4.74 Å². The average molecular weight is 428 g/mol. The van der Waals surface area contributed by atoms with Crippen molar-refractivity contribution in [3.05, 3.63) is 53.6 Å². The fourth-order valence-corrected chi connectivity index (χ4v) is 3.57. The van der Waals surface area contributed by atoms with Crippen molar-refractivity contribution in [1.82, 2.24) is 0 Å². The summed E-state index contributed by atoms with van der Waals surface area (Å²) < 4.78 is 67.8. The minimum absolute atomic E-state index is 0.0268. The molecular formula is C19H19F3N2O4S. The van der Waals surface area contributed by atoms with Gasteiger partial charge in [0.05, 0.1) is 35.0 Å². The second kappa shape index (κ2) is 8.03. The van der Waals surface area contributed by atoms with Crippen LogP contribution in [0.2, 0.25) is 0 Å². The summed E-state index contributed by atoms with van der Waals surface area (Å²) >= 11 is 0. The van der Waals surface area contributed by atoms with Crippen LogP contribution in [0.3, 0.4) is 0 Å². The molecule has 0 radical (unpaired) electrons. The van der Waals surface area contributed by atoms with Crippen LogP contribution < -0.4 is 10.2 Å². The fraction of sp³-hybridized carbons (Fsp3) is 0.316. The lowest BCUT2D eigenvalue weighted by molar-refractivity contribution is -0.137. The highest BCUT2D eigenvalue weighted by molar-refractivity contribution is 7.90. The van der Waals surface area contributed by atoms with E-state index in [2.05, 4.69) is 5.32 Å². The summed E-state index contributed by atoms with van der Waals surface area (Å²) in [4.78, 5) is 14.5. The van der Waals surface area contributed by atoms with Crippen molar-refractivity contribution in [2.24, 2.45) is 0 Å². The maximum absolute atomic E-state index is 13.2. The average Bonchev–Trinajstić information content (AvgIpc) is 2.67. The van der Waals surface area contributed by atoms with E-state index in [-0.39, 0.29) is 16.1 Å². The minimum Gasteiger partial charge on any atom is -0.378 e. The number of nitrogens with zero attached hydrogens (tertiary/aromatic N) is 1. The lowest BCUT2D eigenvalue weighted by Gasteiger charge is -2.31. The first kappa shape index (κ1) is 21.1. The smallest absolute Gasteiger partial charge is 0.378 e. The van der Waals surface area contributed by atoms with Crippen LogP contribution in [0.25, 0.3) is 0 Å². The number of alkyl halides is 3. The number of halogens is 3. The monoisotopic (exact) mass is 428 g/mol. The Morgan fingerprint density at radius 2 is 1.69 bits per heavy atom. The van der Waals surface area contributed by atoms with Gasteiger partial charge >= 0.3 is 6.18 Å². The molecule has 0 spiro atoms. The summed E-state index contributed by atoms with van der Waals surface area (Å²) in [5.41, 5.74) is -0.263. The van der Waals surface area contributed by atoms with Gasteiger partial charge in [0, 0.05) is 24.9 Å². The Labute approximate surface area is 166 Å². The Bertz CT molecular complexity index is 999. The van der Waals surface area contributed by atoms with Crippen molar-refractivity contribution in [3.8, 4) is 0 Å². The number of rotatable bonds is 4. The van der Waals surface area contributed by atoms with Crippen molar-refractivity contribution in [3.63, 3.8) is 0 Å². The number of carbonyl (C=O) groups excluding carboxylic acids is 1. The summed E-state index contributed by atoms with van der Waals surface area (Å²) in [6, 6.07) is 8.38. The Morgan fingerprint density at radius 3 is 2.24 bits per heavy atom. The molecule has 10 heteroatoms. The number of hydrogen-bond acceptors (Lipinski definition) is 5. The van der Waals surface area contributed by atoms with Crippen LogP contribution >= 0.6 is 0 Å². The number of nitrogens with one attached hydrogen (secondary N) is 1. The van der Waals surface area contributed by atoms with Gasteiger partial charge < -0.3 is 15.0 Å². The molecule has 1 aliphatic heterocycles. The van der Waals surface area contributed by atoms with Gasteiger partial charge in [0.1, 0.15) is 0 Å². The summed E-state index contributed by atoms with van der Waals surface area (Å²) in [6.45, 7) is 1.83. The summed E-state index contributed by atoms with van der Waals surface area (Å²) in [5, 5.41) is 2.52. The van der Waals surface area contributed by atoms with Crippen LogP contribution in [0, 0.1) is 0 Å². The third-order valence-electron chi connectivity index (χ3n) is 4.47. The van der Waals surface area contributed by atoms with Gasteiger partial charge in [0.15, 0.2) is 9.84 Å². The number of ether oxygens (including phenoxy) is 1. The first-order valence-corrected chi connectivity index (χ1v) is 10.6. The van der Waals surface area contributed by atoms with Crippen molar-refractivity contribution >= 4 is 27.1 Å². The molecule has 1 amide bonds. The van der Waals surface area contributed by atoms with Gasteiger partial charge in [-0.15, -0.1) is 0 Å². The molecule has 1 saturated heterocycles. The number of hydrogen-bond donors (Lipinski definition) is 1. The molecule has 2 aromatic rings. The Morgan fingerprint density at radius 1 is 1.07 bits per heavy atom. The van der Waals surface area contributed by atoms with Crippen molar-refractivity contribution in [2.75, 3.05) is 42.8 Å². The molecule has 0 aliphatic carbocycles. The molecule has 1 fully saturated rings. The molecule has 1 heterocycles. The molecule has 0 saturated carbocycles. The molecule has 0 atom stereocenters. The summed E-state index contributed by atoms with van der Waals surface area (Å²) in [5.74, 6) is -0.640. The maximum atomic E-state index is 13.2. The van der Waals surface area contributed by atoms with Gasteiger partial charge in [0.2, 0.25) is 0 Å². The van der Waals surface area contributed by atoms with E-state index < -0.39 is 27.5 Å². The summed E-state index contributed by atoms with van der Waals surface area (Å²) in [6.07, 6.45) is -3.51. The Hall–Kier alpha value is -2.59. The van der Waals surface area contributed by atoms with E-state index in [0.717, 1.165) is 18.4 Å². The zero-order chi connectivity index (χ0) is 21.2. The Kier molecular flexibility index (Phi) is 5.85. The largest absolute Gasteiger partial charge is 0.416 e. The first-order valence-electron chi connectivity index (χ1n) is 8.71. The topological polar surface area (TPSA) is 75.7 Å². The molecule has 0 bridgehead atoms. The molecule has 1 aliphatic rings. The van der Waals surface area contributed by atoms with E-state index in [0.29, 0.717) is 32.0 Å². The summed E-state index contributed by atoms with van der Waals surface area (Å²) in [7, 11) is -3.42. The third kappa shape index (κ3) is 5.07.